The number of unbranched alkanes of at least 4 members (excludes halogenated alkanes) is 2. The van der Waals surface area contributed by atoms with Crippen molar-refractivity contribution in [3.63, 3.8) is 0 Å². The lowest BCUT2D eigenvalue weighted by Gasteiger charge is -2.12. The molecule has 19 heavy (non-hydrogen) atoms. The second-order valence-corrected chi connectivity index (χ2v) is 4.76. The Morgan fingerprint density at radius 2 is 2.11 bits per heavy atom. The smallest absolute Gasteiger partial charge is 0.184 e. The molecule has 0 aliphatic carbocycles. The van der Waals surface area contributed by atoms with Crippen molar-refractivity contribution in [3.8, 4) is 5.75 Å². The van der Waals surface area contributed by atoms with Crippen LogP contribution in [0.3, 0.4) is 0 Å². The van der Waals surface area contributed by atoms with E-state index in [9.17, 15) is 0 Å². The summed E-state index contributed by atoms with van der Waals surface area (Å²) in [5, 5.41) is 0. The number of ether oxygens (including phenoxy) is 3. The van der Waals surface area contributed by atoms with E-state index < -0.39 is 0 Å². The van der Waals surface area contributed by atoms with Gasteiger partial charge in [-0.25, -0.2) is 0 Å². The monoisotopic (exact) mass is 262 g/mol. The topological polar surface area (TPSA) is 27.7 Å². The van der Waals surface area contributed by atoms with E-state index >= 15 is 0 Å². The van der Waals surface area contributed by atoms with Crippen LogP contribution in [0.4, 0.5) is 0 Å². The average Bonchev–Trinajstić information content (AvgIpc) is 2.80. The van der Waals surface area contributed by atoms with Crippen molar-refractivity contribution in [1.82, 2.24) is 0 Å². The highest BCUT2D eigenvalue weighted by Crippen LogP contribution is 2.43. The summed E-state index contributed by atoms with van der Waals surface area (Å²) in [6.07, 6.45) is 6.21. The molecule has 0 fully saturated rings. The van der Waals surface area contributed by atoms with Crippen molar-refractivity contribution >= 4 is 0 Å². The van der Waals surface area contributed by atoms with Gasteiger partial charge < -0.3 is 14.2 Å². The summed E-state index contributed by atoms with van der Waals surface area (Å²) in [7, 11) is 3.35. The van der Waals surface area contributed by atoms with Crippen LogP contribution in [0.15, 0.2) is 30.9 Å². The maximum atomic E-state index is 5.96. The molecule has 1 aliphatic heterocycles. The van der Waals surface area contributed by atoms with Gasteiger partial charge in [0.15, 0.2) is 6.29 Å². The predicted octanol–water partition coefficient (Wildman–Crippen LogP) is 4.16. The first-order valence-electron chi connectivity index (χ1n) is 6.77. The van der Waals surface area contributed by atoms with Gasteiger partial charge in [0, 0.05) is 12.7 Å². The zero-order valence-corrected chi connectivity index (χ0v) is 11.7. The van der Waals surface area contributed by atoms with Gasteiger partial charge in [0.25, 0.3) is 0 Å². The Hall–Kier alpha value is -1.32. The van der Waals surface area contributed by atoms with Gasteiger partial charge in [-0.15, -0.1) is 6.58 Å². The van der Waals surface area contributed by atoms with Crippen molar-refractivity contribution < 1.29 is 14.2 Å². The van der Waals surface area contributed by atoms with E-state index in [0.29, 0.717) is 0 Å². The second-order valence-electron chi connectivity index (χ2n) is 4.76. The Kier molecular flexibility index (Phi) is 5.00. The van der Waals surface area contributed by atoms with Crippen LogP contribution in [-0.4, -0.2) is 14.2 Å². The third kappa shape index (κ3) is 3.17. The molecule has 3 nitrogen and oxygen atoms in total. The maximum Gasteiger partial charge on any atom is 0.184 e. The van der Waals surface area contributed by atoms with Gasteiger partial charge in [0.2, 0.25) is 0 Å². The average molecular weight is 262 g/mol. The van der Waals surface area contributed by atoms with Gasteiger partial charge in [-0.1, -0.05) is 18.6 Å². The maximum absolute atomic E-state index is 5.96. The lowest BCUT2D eigenvalue weighted by molar-refractivity contribution is -0.144. The minimum Gasteiger partial charge on any atom is -0.497 e. The van der Waals surface area contributed by atoms with Gasteiger partial charge in [-0.2, -0.15) is 0 Å². The molecular formula is C16H22O3. The molecule has 0 aromatic heterocycles. The first kappa shape index (κ1) is 14.1. The number of allylic oxidation sites excluding steroid dienone is 1. The fraction of sp³-hybridized carbons (Fsp3) is 0.500. The number of methoxy groups -OCH3 is 2. The lowest BCUT2D eigenvalue weighted by atomic mass is 10.00. The van der Waals surface area contributed by atoms with Gasteiger partial charge in [0.1, 0.15) is 5.75 Å². The van der Waals surface area contributed by atoms with E-state index in [1.54, 1.807) is 14.2 Å². The quantitative estimate of drug-likeness (QED) is 0.545. The molecule has 0 N–H and O–H groups in total. The zero-order chi connectivity index (χ0) is 13.7. The molecule has 2 atom stereocenters. The Bertz CT molecular complexity index is 428. The van der Waals surface area contributed by atoms with Crippen LogP contribution in [0.1, 0.15) is 49.2 Å². The van der Waals surface area contributed by atoms with Crippen LogP contribution < -0.4 is 4.74 Å². The fourth-order valence-electron chi connectivity index (χ4n) is 2.50. The molecule has 0 radical (unpaired) electrons. The molecule has 1 aromatic rings. The van der Waals surface area contributed by atoms with E-state index in [4.69, 9.17) is 14.2 Å². The molecule has 2 unspecified atom stereocenters. The Morgan fingerprint density at radius 1 is 1.26 bits per heavy atom. The van der Waals surface area contributed by atoms with E-state index in [-0.39, 0.29) is 12.4 Å². The zero-order valence-electron chi connectivity index (χ0n) is 11.7. The summed E-state index contributed by atoms with van der Waals surface area (Å²) in [6, 6.07) is 6.08. The van der Waals surface area contributed by atoms with Crippen LogP contribution in [0, 0.1) is 0 Å². The van der Waals surface area contributed by atoms with Crippen molar-refractivity contribution in [3.05, 3.63) is 42.0 Å². The molecule has 0 amide bonds. The minimum atomic E-state index is -0.269. The number of fused-ring (bicyclic) bond motifs is 1. The van der Waals surface area contributed by atoms with Crippen LogP contribution in [0.25, 0.3) is 0 Å². The summed E-state index contributed by atoms with van der Waals surface area (Å²) in [4.78, 5) is 0. The molecule has 1 heterocycles. The molecule has 0 saturated carbocycles. The second kappa shape index (κ2) is 6.73. The third-order valence-corrected chi connectivity index (χ3v) is 3.52. The third-order valence-electron chi connectivity index (χ3n) is 3.52. The van der Waals surface area contributed by atoms with Crippen molar-refractivity contribution in [2.24, 2.45) is 0 Å². The molecule has 2 rings (SSSR count). The van der Waals surface area contributed by atoms with Crippen LogP contribution in [0.2, 0.25) is 0 Å². The van der Waals surface area contributed by atoms with E-state index in [1.165, 1.54) is 5.56 Å². The number of rotatable bonds is 7. The molecule has 0 bridgehead atoms. The van der Waals surface area contributed by atoms with Gasteiger partial charge in [-0.3, -0.25) is 0 Å². The first-order chi connectivity index (χ1) is 9.30. The molecule has 1 aliphatic rings. The largest absolute Gasteiger partial charge is 0.497 e. The summed E-state index contributed by atoms with van der Waals surface area (Å²) < 4.78 is 16.6. The highest BCUT2D eigenvalue weighted by molar-refractivity contribution is 5.40. The Labute approximate surface area is 115 Å². The molecule has 1 aromatic carbocycles. The Balaban J connectivity index is 2.07. The number of hydrogen-bond donors (Lipinski definition) is 0. The van der Waals surface area contributed by atoms with E-state index in [0.717, 1.165) is 37.0 Å². The van der Waals surface area contributed by atoms with E-state index in [1.807, 2.05) is 18.2 Å². The normalized spacial score (nSPS) is 21.2. The van der Waals surface area contributed by atoms with Crippen LogP contribution in [0.5, 0.6) is 5.75 Å². The fourth-order valence-corrected chi connectivity index (χ4v) is 2.50. The first-order valence-corrected chi connectivity index (χ1v) is 6.77. The summed E-state index contributed by atoms with van der Waals surface area (Å²) in [5.74, 6) is 0.844. The number of benzene rings is 1. The highest BCUT2D eigenvalue weighted by Gasteiger charge is 2.31. The van der Waals surface area contributed by atoms with Gasteiger partial charge in [-0.05, 0) is 37.0 Å². The van der Waals surface area contributed by atoms with Gasteiger partial charge >= 0.3 is 0 Å². The minimum absolute atomic E-state index is 0.135. The van der Waals surface area contributed by atoms with Crippen molar-refractivity contribution in [2.45, 2.75) is 38.1 Å². The summed E-state index contributed by atoms with van der Waals surface area (Å²) in [6.45, 7) is 3.75. The van der Waals surface area contributed by atoms with E-state index in [2.05, 4.69) is 12.6 Å². The van der Waals surface area contributed by atoms with Crippen molar-refractivity contribution in [1.29, 1.82) is 0 Å². The molecule has 3 heteroatoms. The lowest BCUT2D eigenvalue weighted by Crippen LogP contribution is -2.00. The molecule has 0 saturated heterocycles. The predicted molar refractivity (Wildman–Crippen MR) is 75.2 cm³/mol. The van der Waals surface area contributed by atoms with Crippen LogP contribution >= 0.6 is 0 Å². The van der Waals surface area contributed by atoms with Crippen LogP contribution in [-0.2, 0) is 9.47 Å². The molecular weight excluding hydrogens is 240 g/mol. The van der Waals surface area contributed by atoms with Gasteiger partial charge in [0.05, 0.1) is 13.2 Å². The number of hydrogen-bond acceptors (Lipinski definition) is 3. The summed E-state index contributed by atoms with van der Waals surface area (Å²) >= 11 is 0. The van der Waals surface area contributed by atoms with Crippen molar-refractivity contribution in [2.75, 3.05) is 14.2 Å². The highest BCUT2D eigenvalue weighted by atomic mass is 16.7. The standard InChI is InChI=1S/C16H22O3/c1-4-5-6-7-8-15-13-10-9-12(17-2)11-14(13)16(18-3)19-15/h4,9-11,15-16H,1,5-8H2,2-3H3. The molecule has 0 spiro atoms. The SMILES string of the molecule is C=CCCCCC1OC(OC)c2cc(OC)ccc21. The Morgan fingerprint density at radius 3 is 2.79 bits per heavy atom. The molecule has 104 valence electrons. The summed E-state index contributed by atoms with van der Waals surface area (Å²) in [5.41, 5.74) is 2.32.